The van der Waals surface area contributed by atoms with Crippen molar-refractivity contribution in [2.75, 3.05) is 26.4 Å². The second kappa shape index (κ2) is 17.6. The lowest BCUT2D eigenvalue weighted by Crippen LogP contribution is -2.19. The van der Waals surface area contributed by atoms with Gasteiger partial charge in [0, 0.05) is 25.7 Å². The Labute approximate surface area is 358 Å². The molecule has 0 aromatic heterocycles. The second-order valence-electron chi connectivity index (χ2n) is 20.4. The van der Waals surface area contributed by atoms with E-state index in [1.54, 1.807) is 13.8 Å². The third kappa shape index (κ3) is 10.8. The zero-order valence-electron chi connectivity index (χ0n) is 38.6. The highest BCUT2D eigenvalue weighted by atomic mass is 16.6. The molecule has 0 saturated carbocycles. The van der Waals surface area contributed by atoms with Gasteiger partial charge in [0.2, 0.25) is 0 Å². The van der Waals surface area contributed by atoms with Crippen molar-refractivity contribution < 1.29 is 38.7 Å². The Balaban J connectivity index is 1.93. The van der Waals surface area contributed by atoms with Gasteiger partial charge in [0.05, 0.1) is 13.2 Å². The molecule has 0 aliphatic heterocycles. The Hall–Kier alpha value is -4.98. The molecule has 5 rings (SSSR count). The quantitative estimate of drug-likeness (QED) is 0.149. The van der Waals surface area contributed by atoms with E-state index in [0.717, 1.165) is 44.5 Å². The summed E-state index contributed by atoms with van der Waals surface area (Å²) in [4.78, 5) is 25.7. The largest absolute Gasteiger partial charge is 0.507 e. The van der Waals surface area contributed by atoms with Crippen LogP contribution in [0, 0.1) is 0 Å². The fourth-order valence-corrected chi connectivity index (χ4v) is 7.68. The van der Waals surface area contributed by atoms with Crippen LogP contribution in [0.4, 0.5) is 0 Å². The molecule has 0 heterocycles. The summed E-state index contributed by atoms with van der Waals surface area (Å²) >= 11 is 0. The van der Waals surface area contributed by atoms with E-state index in [1.165, 1.54) is 0 Å². The molecule has 1 aliphatic carbocycles. The number of hydrogen-bond acceptors (Lipinski definition) is 8. The molecule has 0 spiro atoms. The van der Waals surface area contributed by atoms with Crippen molar-refractivity contribution >= 4 is 11.9 Å². The summed E-state index contributed by atoms with van der Waals surface area (Å²) in [6.07, 6.45) is 1.21. The minimum Gasteiger partial charge on any atom is -0.507 e. The molecule has 1 aliphatic rings. The number of carbonyl (C=O) groups is 2. The van der Waals surface area contributed by atoms with Crippen molar-refractivity contribution in [3.8, 4) is 23.0 Å². The first-order chi connectivity index (χ1) is 27.8. The minimum absolute atomic E-state index is 0.158. The van der Waals surface area contributed by atoms with Crippen LogP contribution in [0.2, 0.25) is 0 Å². The third-order valence-electron chi connectivity index (χ3n) is 11.3. The zero-order valence-corrected chi connectivity index (χ0v) is 38.6. The maximum Gasteiger partial charge on any atom is 0.344 e. The van der Waals surface area contributed by atoms with Crippen LogP contribution in [0.15, 0.2) is 48.5 Å². The number of fused-ring (bicyclic) bond motifs is 8. The van der Waals surface area contributed by atoms with Gasteiger partial charge in [0.25, 0.3) is 0 Å². The number of benzene rings is 4. The van der Waals surface area contributed by atoms with Crippen LogP contribution in [0.1, 0.15) is 164 Å². The molecule has 8 nitrogen and oxygen atoms in total. The van der Waals surface area contributed by atoms with Gasteiger partial charge in [0.15, 0.2) is 13.2 Å². The number of esters is 2. The Morgan fingerprint density at radius 3 is 0.850 bits per heavy atom. The molecule has 0 radical (unpaired) electrons. The average molecular weight is 821 g/mol. The summed E-state index contributed by atoms with van der Waals surface area (Å²) in [5.41, 5.74) is 9.21. The van der Waals surface area contributed by atoms with E-state index in [0.29, 0.717) is 59.4 Å². The van der Waals surface area contributed by atoms with Crippen LogP contribution in [-0.2, 0) is 66.4 Å². The lowest BCUT2D eigenvalue weighted by atomic mass is 9.79. The summed E-state index contributed by atoms with van der Waals surface area (Å²) < 4.78 is 23.6. The number of hydrogen-bond donors (Lipinski definition) is 2. The van der Waals surface area contributed by atoms with Crippen molar-refractivity contribution in [2.45, 2.75) is 144 Å². The van der Waals surface area contributed by atoms with Gasteiger partial charge in [-0.25, -0.2) is 9.59 Å². The number of carbonyl (C=O) groups excluding carboxylic acids is 2. The highest BCUT2D eigenvalue weighted by Crippen LogP contribution is 2.43. The fraction of sp³-hybridized carbons (Fsp3) is 0.500. The predicted molar refractivity (Wildman–Crippen MR) is 239 cm³/mol. The maximum absolute atomic E-state index is 12.9. The summed E-state index contributed by atoms with van der Waals surface area (Å²) in [6, 6.07) is 16.8. The van der Waals surface area contributed by atoms with E-state index in [1.807, 2.05) is 0 Å². The first-order valence-electron chi connectivity index (χ1n) is 21.4. The summed E-state index contributed by atoms with van der Waals surface area (Å²) in [5, 5.41) is 24.8. The number of ether oxygens (including phenoxy) is 4. The van der Waals surface area contributed by atoms with Crippen LogP contribution in [0.3, 0.4) is 0 Å². The predicted octanol–water partition coefficient (Wildman–Crippen LogP) is 10.8. The van der Waals surface area contributed by atoms with Gasteiger partial charge in [-0.15, -0.1) is 0 Å². The van der Waals surface area contributed by atoms with E-state index in [-0.39, 0.29) is 59.6 Å². The Morgan fingerprint density at radius 1 is 0.433 bits per heavy atom. The van der Waals surface area contributed by atoms with E-state index in [9.17, 15) is 19.8 Å². The highest BCUT2D eigenvalue weighted by molar-refractivity contribution is 5.72. The Bertz CT molecular complexity index is 1980. The minimum atomic E-state index is -0.479. The monoisotopic (exact) mass is 820 g/mol. The molecular formula is C52H68O8. The van der Waals surface area contributed by atoms with Gasteiger partial charge >= 0.3 is 11.9 Å². The van der Waals surface area contributed by atoms with E-state index < -0.39 is 11.9 Å². The van der Waals surface area contributed by atoms with Crippen molar-refractivity contribution in [1.29, 1.82) is 0 Å². The van der Waals surface area contributed by atoms with Crippen LogP contribution in [-0.4, -0.2) is 48.6 Å². The van der Waals surface area contributed by atoms with Gasteiger partial charge in [-0.3, -0.25) is 0 Å². The highest BCUT2D eigenvalue weighted by Gasteiger charge is 2.29. The maximum atomic E-state index is 12.9. The molecule has 0 fully saturated rings. The molecule has 8 heteroatoms. The molecule has 4 aromatic rings. The van der Waals surface area contributed by atoms with E-state index in [2.05, 4.69) is 132 Å². The summed E-state index contributed by atoms with van der Waals surface area (Å²) in [6.45, 7) is 29.3. The molecular weight excluding hydrogens is 753 g/mol. The molecule has 8 bridgehead atoms. The second-order valence-corrected chi connectivity index (χ2v) is 20.4. The van der Waals surface area contributed by atoms with Crippen molar-refractivity contribution in [1.82, 2.24) is 0 Å². The molecule has 0 atom stereocenters. The summed E-state index contributed by atoms with van der Waals surface area (Å²) in [7, 11) is 0. The van der Waals surface area contributed by atoms with Gasteiger partial charge in [-0.05, 0) is 102 Å². The standard InChI is InChI=1S/C52H68O8/c1-15-57-43(53)29-59-47-35-17-31-21-39(49(3,4)5)23-33(45(31)55)19-37-27-42(52(12,13)14)28-38(48(37)60-30-44(54)58-16-2)20-34-24-40(50(6,7)8)22-32(46(34)56)18-36(47)26-41(25-35)51(9,10)11/h21-28,55-56H,15-20,29-30H2,1-14H3. The first-order valence-corrected chi connectivity index (χ1v) is 21.4. The molecule has 0 saturated heterocycles. The van der Waals surface area contributed by atoms with Gasteiger partial charge < -0.3 is 29.2 Å². The SMILES string of the molecule is CCOC(=O)COc1c2cc(C(C)(C)C)cc1Cc1cc(C(C)(C)C)cc(c1O)Cc1cc(C(C)(C)C)cc(c1OCC(=O)OCC)Cc1cc(C(C)(C)C)cc(c1O)C2. The lowest BCUT2D eigenvalue weighted by molar-refractivity contribution is -0.146. The van der Waals surface area contributed by atoms with Crippen LogP contribution in [0.25, 0.3) is 0 Å². The summed E-state index contributed by atoms with van der Waals surface area (Å²) in [5.74, 6) is 0.418. The smallest absolute Gasteiger partial charge is 0.344 e. The molecule has 4 aromatic carbocycles. The van der Waals surface area contributed by atoms with Crippen molar-refractivity contribution in [3.63, 3.8) is 0 Å². The van der Waals surface area contributed by atoms with Crippen molar-refractivity contribution in [3.05, 3.63) is 115 Å². The lowest BCUT2D eigenvalue weighted by Gasteiger charge is -2.28. The topological polar surface area (TPSA) is 112 Å². The van der Waals surface area contributed by atoms with Gasteiger partial charge in [-0.2, -0.15) is 0 Å². The van der Waals surface area contributed by atoms with Crippen LogP contribution in [0.5, 0.6) is 23.0 Å². The number of phenols is 2. The van der Waals surface area contributed by atoms with Crippen LogP contribution >= 0.6 is 0 Å². The number of aromatic hydroxyl groups is 2. The normalized spacial score (nSPS) is 13.4. The molecule has 0 amide bonds. The van der Waals surface area contributed by atoms with Crippen molar-refractivity contribution in [2.24, 2.45) is 0 Å². The molecule has 0 unspecified atom stereocenters. The molecule has 60 heavy (non-hydrogen) atoms. The molecule has 2 N–H and O–H groups in total. The molecule has 324 valence electrons. The van der Waals surface area contributed by atoms with Crippen LogP contribution < -0.4 is 9.47 Å². The zero-order chi connectivity index (χ0) is 44.5. The average Bonchev–Trinajstić information content (AvgIpc) is 3.12. The van der Waals surface area contributed by atoms with Gasteiger partial charge in [0.1, 0.15) is 23.0 Å². The Kier molecular flexibility index (Phi) is 13.5. The van der Waals surface area contributed by atoms with E-state index >= 15 is 0 Å². The Morgan fingerprint density at radius 2 is 0.650 bits per heavy atom. The fourth-order valence-electron chi connectivity index (χ4n) is 7.68. The number of rotatable bonds is 8. The van der Waals surface area contributed by atoms with Gasteiger partial charge in [-0.1, -0.05) is 132 Å². The number of phenolic OH excluding ortho intramolecular Hbond substituents is 2. The first kappa shape index (κ1) is 46.1. The van der Waals surface area contributed by atoms with E-state index in [4.69, 9.17) is 18.9 Å². The third-order valence-corrected chi connectivity index (χ3v) is 11.3.